The predicted molar refractivity (Wildman–Crippen MR) is 348 cm³/mol. The number of hydrogen-bond acceptors (Lipinski definition) is 13. The van der Waals surface area contributed by atoms with E-state index in [2.05, 4.69) is 135 Å². The second kappa shape index (κ2) is 33.6. The van der Waals surface area contributed by atoms with Crippen molar-refractivity contribution in [2.75, 3.05) is 49.4 Å². The van der Waals surface area contributed by atoms with E-state index in [9.17, 15) is 9.59 Å². The Kier molecular flexibility index (Phi) is 24.9. The lowest BCUT2D eigenvalue weighted by molar-refractivity contribution is 0.0468. The molecule has 0 spiro atoms. The summed E-state index contributed by atoms with van der Waals surface area (Å²) in [6.07, 6.45) is 18.2. The largest absolute Gasteiger partial charge is 0.494 e. The minimum atomic E-state index is -0.756. The Bertz CT molecular complexity index is 2940. The average Bonchev–Trinajstić information content (AvgIpc) is 1.96. The lowest BCUT2D eigenvalue weighted by atomic mass is 10.1. The van der Waals surface area contributed by atoms with Gasteiger partial charge in [0, 0.05) is 34.1 Å². The van der Waals surface area contributed by atoms with Crippen molar-refractivity contribution < 1.29 is 38.0 Å². The number of hydrogen-bond donors (Lipinski definition) is 0. The number of anilines is 6. The molecule has 8 aromatic rings. The zero-order chi connectivity index (χ0) is 59.6. The minimum absolute atomic E-state index is 0.0849. The number of esters is 2. The molecular weight excluding hydrogens is 1080 g/mol. The SMILES string of the molecule is CCCCCCOc1ccc(N(c2ccc(OCCCCCC)cc2)c2ccc(-c3sc(-c4ccc(N(c5ccc(OCCCCCC)cc5)c5ccc(OCCCCCC)cc5)cc4)c4nc(C(=O)OCC)c(C(=O)OCC)nc34)cc2)cc1. The van der Waals surface area contributed by atoms with Gasteiger partial charge < -0.3 is 38.2 Å². The number of unbranched alkanes of at least 4 members (excludes halogenated alkanes) is 12. The summed E-state index contributed by atoms with van der Waals surface area (Å²) in [4.78, 5) is 43.3. The summed E-state index contributed by atoms with van der Waals surface area (Å²) in [6, 6.07) is 49.6. The standard InChI is InChI=1S/C72H86N4O8S/c1-7-13-17-21-49-81-61-41-33-57(34-42-61)75(58-35-43-62(44-36-58)82-50-22-18-14-8-2)55-29-25-53(26-30-55)69-65-66(74-68(72(78)80-12-6)67(73-65)71(77)79-11-5)70(85-69)54-27-31-56(32-28-54)76(59-37-45-63(46-38-59)83-51-23-19-15-9-3)60-39-47-64(48-40-60)84-52-24-20-16-10-4/h25-48H,7-24,49-52H2,1-6H3. The maximum Gasteiger partial charge on any atom is 0.359 e. The van der Waals surface area contributed by atoms with Crippen LogP contribution in [0.15, 0.2) is 146 Å². The first-order valence-corrected chi connectivity index (χ1v) is 32.0. The summed E-state index contributed by atoms with van der Waals surface area (Å²) < 4.78 is 35.6. The van der Waals surface area contributed by atoms with Crippen molar-refractivity contribution in [2.45, 2.75) is 144 Å². The third-order valence-corrected chi connectivity index (χ3v) is 16.0. The number of carbonyl (C=O) groups is 2. The molecule has 85 heavy (non-hydrogen) atoms. The van der Waals surface area contributed by atoms with Crippen LogP contribution >= 0.6 is 11.3 Å². The average molecular weight is 1170 g/mol. The van der Waals surface area contributed by atoms with Crippen molar-refractivity contribution in [3.63, 3.8) is 0 Å². The van der Waals surface area contributed by atoms with E-state index in [1.54, 1.807) is 13.8 Å². The summed E-state index contributed by atoms with van der Waals surface area (Å²) >= 11 is 1.50. The van der Waals surface area contributed by atoms with Gasteiger partial charge in [0.1, 0.15) is 34.0 Å². The minimum Gasteiger partial charge on any atom is -0.494 e. The first-order valence-electron chi connectivity index (χ1n) is 31.2. The molecule has 0 fully saturated rings. The molecule has 0 radical (unpaired) electrons. The Balaban J connectivity index is 1.17. The quantitative estimate of drug-likeness (QED) is 0.0274. The van der Waals surface area contributed by atoms with Crippen LogP contribution in [-0.4, -0.2) is 61.5 Å². The Hall–Kier alpha value is -7.90. The predicted octanol–water partition coefficient (Wildman–Crippen LogP) is 20.2. The van der Waals surface area contributed by atoms with Crippen molar-refractivity contribution in [2.24, 2.45) is 0 Å². The van der Waals surface area contributed by atoms with E-state index in [1.165, 1.54) is 62.7 Å². The van der Waals surface area contributed by atoms with Crippen LogP contribution in [0.2, 0.25) is 0 Å². The molecule has 13 heteroatoms. The number of fused-ring (bicyclic) bond motifs is 1. The topological polar surface area (TPSA) is 122 Å². The van der Waals surface area contributed by atoms with Gasteiger partial charge in [-0.2, -0.15) is 0 Å². The van der Waals surface area contributed by atoms with Gasteiger partial charge in [-0.15, -0.1) is 11.3 Å². The van der Waals surface area contributed by atoms with Crippen molar-refractivity contribution in [3.05, 3.63) is 157 Å². The molecular formula is C72H86N4O8S. The van der Waals surface area contributed by atoms with Crippen LogP contribution < -0.4 is 28.7 Å². The lowest BCUT2D eigenvalue weighted by Crippen LogP contribution is -2.18. The van der Waals surface area contributed by atoms with Crippen LogP contribution in [0.1, 0.15) is 165 Å². The van der Waals surface area contributed by atoms with E-state index in [1.807, 2.05) is 48.5 Å². The maximum atomic E-state index is 13.7. The number of rotatable bonds is 36. The summed E-state index contributed by atoms with van der Waals surface area (Å²) in [6.45, 7) is 15.2. The maximum absolute atomic E-state index is 13.7. The summed E-state index contributed by atoms with van der Waals surface area (Å²) in [7, 11) is 0. The van der Waals surface area contributed by atoms with E-state index in [4.69, 9.17) is 38.4 Å². The monoisotopic (exact) mass is 1170 g/mol. The molecule has 0 aliphatic carbocycles. The second-order valence-corrected chi connectivity index (χ2v) is 22.2. The highest BCUT2D eigenvalue weighted by molar-refractivity contribution is 7.20. The molecule has 0 aliphatic rings. The number of carbonyl (C=O) groups excluding carboxylic acids is 2. The van der Waals surface area contributed by atoms with Crippen molar-refractivity contribution in [1.82, 2.24) is 9.97 Å². The summed E-state index contributed by atoms with van der Waals surface area (Å²) in [5.41, 5.74) is 7.89. The molecule has 0 N–H and O–H groups in total. The van der Waals surface area contributed by atoms with E-state index in [-0.39, 0.29) is 24.6 Å². The van der Waals surface area contributed by atoms with Crippen LogP contribution in [0, 0.1) is 0 Å². The zero-order valence-electron chi connectivity index (χ0n) is 50.9. The first-order chi connectivity index (χ1) is 41.8. The molecule has 2 heterocycles. The van der Waals surface area contributed by atoms with Gasteiger partial charge in [-0.25, -0.2) is 19.6 Å². The highest BCUT2D eigenvalue weighted by Gasteiger charge is 2.29. The van der Waals surface area contributed by atoms with E-state index >= 15 is 0 Å². The highest BCUT2D eigenvalue weighted by atomic mass is 32.1. The van der Waals surface area contributed by atoms with E-state index < -0.39 is 11.9 Å². The third kappa shape index (κ3) is 17.6. The fourth-order valence-electron chi connectivity index (χ4n) is 10.1. The van der Waals surface area contributed by atoms with Gasteiger partial charge in [0.25, 0.3) is 0 Å². The first kappa shape index (κ1) is 63.1. The van der Waals surface area contributed by atoms with Crippen LogP contribution in [-0.2, 0) is 9.47 Å². The molecule has 8 rings (SSSR count). The van der Waals surface area contributed by atoms with Crippen LogP contribution in [0.3, 0.4) is 0 Å². The Morgan fingerprint density at radius 2 is 0.588 bits per heavy atom. The Labute approximate surface area is 508 Å². The Morgan fingerprint density at radius 3 is 0.824 bits per heavy atom. The van der Waals surface area contributed by atoms with Gasteiger partial charge in [0.15, 0.2) is 11.4 Å². The van der Waals surface area contributed by atoms with Crippen molar-refractivity contribution >= 4 is 68.4 Å². The lowest BCUT2D eigenvalue weighted by Gasteiger charge is -2.26. The number of benzene rings is 6. The number of aromatic nitrogens is 2. The molecule has 0 unspecified atom stereocenters. The van der Waals surface area contributed by atoms with Crippen molar-refractivity contribution in [3.8, 4) is 43.9 Å². The second-order valence-electron chi connectivity index (χ2n) is 21.2. The van der Waals surface area contributed by atoms with Crippen molar-refractivity contribution in [1.29, 1.82) is 0 Å². The molecule has 0 saturated carbocycles. The fourth-order valence-corrected chi connectivity index (χ4v) is 11.3. The molecule has 12 nitrogen and oxygen atoms in total. The molecule has 448 valence electrons. The summed E-state index contributed by atoms with van der Waals surface area (Å²) in [5.74, 6) is 1.81. The van der Waals surface area contributed by atoms with Gasteiger partial charge in [-0.05, 0) is 172 Å². The van der Waals surface area contributed by atoms with E-state index in [0.717, 1.165) is 129 Å². The molecule has 0 aliphatic heterocycles. The van der Waals surface area contributed by atoms with Crippen LogP contribution in [0.5, 0.6) is 23.0 Å². The normalized spacial score (nSPS) is 11.1. The third-order valence-electron chi connectivity index (χ3n) is 14.7. The van der Waals surface area contributed by atoms with Crippen LogP contribution in [0.25, 0.3) is 31.9 Å². The van der Waals surface area contributed by atoms with Crippen LogP contribution in [0.4, 0.5) is 34.1 Å². The molecule has 0 bridgehead atoms. The summed E-state index contributed by atoms with van der Waals surface area (Å²) in [5, 5.41) is 0. The smallest absolute Gasteiger partial charge is 0.359 e. The zero-order valence-corrected chi connectivity index (χ0v) is 51.7. The van der Waals surface area contributed by atoms with Gasteiger partial charge in [-0.1, -0.05) is 129 Å². The molecule has 2 aromatic heterocycles. The number of ether oxygens (including phenoxy) is 6. The van der Waals surface area contributed by atoms with Gasteiger partial charge in [-0.3, -0.25) is 0 Å². The molecule has 6 aromatic carbocycles. The van der Waals surface area contributed by atoms with Gasteiger partial charge >= 0.3 is 11.9 Å². The molecule has 0 atom stereocenters. The van der Waals surface area contributed by atoms with Gasteiger partial charge in [0.2, 0.25) is 0 Å². The molecule has 0 amide bonds. The number of thiophene rings is 1. The van der Waals surface area contributed by atoms with Gasteiger partial charge in [0.05, 0.1) is 49.4 Å². The Morgan fingerprint density at radius 1 is 0.341 bits per heavy atom. The van der Waals surface area contributed by atoms with E-state index in [0.29, 0.717) is 37.5 Å². The molecule has 0 saturated heterocycles. The fraction of sp³-hybridized carbons (Fsp3) is 0.389. The number of nitrogens with zero attached hydrogens (tertiary/aromatic N) is 4. The highest BCUT2D eigenvalue weighted by Crippen LogP contribution is 2.46.